The number of anilines is 1. The van der Waals surface area contributed by atoms with E-state index in [1.54, 1.807) is 12.4 Å². The second-order valence-electron chi connectivity index (χ2n) is 3.77. The van der Waals surface area contributed by atoms with Gasteiger partial charge in [-0.3, -0.25) is 9.78 Å². The van der Waals surface area contributed by atoms with Crippen molar-refractivity contribution in [1.82, 2.24) is 4.98 Å². The van der Waals surface area contributed by atoms with Crippen molar-refractivity contribution >= 4 is 27.5 Å². The molecular formula is C10H11BrN2O2. The molecule has 2 heterocycles. The topological polar surface area (TPSA) is 51.2 Å². The average molecular weight is 271 g/mol. The SMILES string of the molecule is CC(C)C1Oc2c(Br)cncc2NC1=O. The van der Waals surface area contributed by atoms with Gasteiger partial charge in [-0.25, -0.2) is 0 Å². The number of hydrogen-bond acceptors (Lipinski definition) is 3. The summed E-state index contributed by atoms with van der Waals surface area (Å²) in [5, 5.41) is 2.78. The Morgan fingerprint density at radius 2 is 2.27 bits per heavy atom. The van der Waals surface area contributed by atoms with Gasteiger partial charge in [-0.15, -0.1) is 0 Å². The van der Waals surface area contributed by atoms with Gasteiger partial charge in [0.05, 0.1) is 10.7 Å². The summed E-state index contributed by atoms with van der Waals surface area (Å²) in [7, 11) is 0. The van der Waals surface area contributed by atoms with E-state index < -0.39 is 6.10 Å². The molecule has 1 aromatic rings. The molecule has 5 heteroatoms. The summed E-state index contributed by atoms with van der Waals surface area (Å²) in [5.74, 6) is 0.680. The first kappa shape index (κ1) is 10.4. The predicted octanol–water partition coefficient (Wildman–Crippen LogP) is 2.20. The third-order valence-electron chi connectivity index (χ3n) is 2.22. The Labute approximate surface area is 96.2 Å². The van der Waals surface area contributed by atoms with E-state index in [1.807, 2.05) is 13.8 Å². The van der Waals surface area contributed by atoms with Gasteiger partial charge in [-0.05, 0) is 21.8 Å². The molecule has 80 valence electrons. The summed E-state index contributed by atoms with van der Waals surface area (Å²) in [6.07, 6.45) is 2.79. The molecule has 0 aliphatic carbocycles. The monoisotopic (exact) mass is 270 g/mol. The Kier molecular flexibility index (Phi) is 2.65. The molecule has 1 aromatic heterocycles. The number of ether oxygens (including phenoxy) is 1. The number of nitrogens with one attached hydrogen (secondary N) is 1. The number of carbonyl (C=O) groups is 1. The van der Waals surface area contributed by atoms with E-state index in [0.29, 0.717) is 11.4 Å². The smallest absolute Gasteiger partial charge is 0.265 e. The number of amides is 1. The van der Waals surface area contributed by atoms with Crippen LogP contribution < -0.4 is 10.1 Å². The summed E-state index contributed by atoms with van der Waals surface area (Å²) in [4.78, 5) is 15.6. The van der Waals surface area contributed by atoms with Crippen molar-refractivity contribution < 1.29 is 9.53 Å². The Balaban J connectivity index is 2.39. The lowest BCUT2D eigenvalue weighted by Gasteiger charge is -2.28. The first-order valence-electron chi connectivity index (χ1n) is 4.70. The van der Waals surface area contributed by atoms with Crippen molar-refractivity contribution in [2.24, 2.45) is 5.92 Å². The highest BCUT2D eigenvalue weighted by Crippen LogP contribution is 2.36. The second-order valence-corrected chi connectivity index (χ2v) is 4.62. The Morgan fingerprint density at radius 1 is 1.53 bits per heavy atom. The number of nitrogens with zero attached hydrogens (tertiary/aromatic N) is 1. The molecule has 0 saturated heterocycles. The maximum absolute atomic E-state index is 11.6. The van der Waals surface area contributed by atoms with Crippen LogP contribution in [-0.4, -0.2) is 17.0 Å². The molecule has 0 spiro atoms. The van der Waals surface area contributed by atoms with E-state index in [-0.39, 0.29) is 11.8 Å². The van der Waals surface area contributed by atoms with E-state index in [4.69, 9.17) is 4.74 Å². The molecule has 0 saturated carbocycles. The van der Waals surface area contributed by atoms with Crippen LogP contribution in [0.5, 0.6) is 5.75 Å². The molecule has 1 aliphatic heterocycles. The van der Waals surface area contributed by atoms with Crippen molar-refractivity contribution in [2.45, 2.75) is 20.0 Å². The van der Waals surface area contributed by atoms with Crippen molar-refractivity contribution in [2.75, 3.05) is 5.32 Å². The lowest BCUT2D eigenvalue weighted by molar-refractivity contribution is -0.125. The molecule has 0 aromatic carbocycles. The molecule has 4 nitrogen and oxygen atoms in total. The van der Waals surface area contributed by atoms with Crippen molar-refractivity contribution in [1.29, 1.82) is 0 Å². The van der Waals surface area contributed by atoms with Crippen LogP contribution in [0.15, 0.2) is 16.9 Å². The van der Waals surface area contributed by atoms with Crippen LogP contribution in [0, 0.1) is 5.92 Å². The predicted molar refractivity (Wildman–Crippen MR) is 59.8 cm³/mol. The van der Waals surface area contributed by atoms with Crippen LogP contribution in [0.4, 0.5) is 5.69 Å². The van der Waals surface area contributed by atoms with Gasteiger partial charge in [0.15, 0.2) is 11.9 Å². The van der Waals surface area contributed by atoms with Gasteiger partial charge in [0, 0.05) is 6.20 Å². The zero-order chi connectivity index (χ0) is 11.0. The summed E-state index contributed by atoms with van der Waals surface area (Å²) in [6.45, 7) is 3.90. The Hall–Kier alpha value is -1.10. The molecule has 0 fully saturated rings. The fourth-order valence-corrected chi connectivity index (χ4v) is 1.88. The van der Waals surface area contributed by atoms with Crippen LogP contribution in [0.1, 0.15) is 13.8 Å². The van der Waals surface area contributed by atoms with Crippen LogP contribution in [-0.2, 0) is 4.79 Å². The average Bonchev–Trinajstić information content (AvgIpc) is 2.16. The highest BCUT2D eigenvalue weighted by molar-refractivity contribution is 9.10. The normalized spacial score (nSPS) is 19.5. The number of aromatic nitrogens is 1. The molecule has 15 heavy (non-hydrogen) atoms. The third-order valence-corrected chi connectivity index (χ3v) is 2.78. The summed E-state index contributed by atoms with van der Waals surface area (Å²) in [5.41, 5.74) is 0.617. The van der Waals surface area contributed by atoms with E-state index in [2.05, 4.69) is 26.2 Å². The van der Waals surface area contributed by atoms with Gasteiger partial charge < -0.3 is 10.1 Å². The molecule has 1 N–H and O–H groups in total. The molecule has 1 amide bonds. The molecular weight excluding hydrogens is 260 g/mol. The fourth-order valence-electron chi connectivity index (χ4n) is 1.46. The lowest BCUT2D eigenvalue weighted by atomic mass is 10.1. The first-order chi connectivity index (χ1) is 7.09. The third kappa shape index (κ3) is 1.84. The minimum absolute atomic E-state index is 0.114. The van der Waals surface area contributed by atoms with E-state index in [0.717, 1.165) is 4.47 Å². The van der Waals surface area contributed by atoms with E-state index >= 15 is 0 Å². The van der Waals surface area contributed by atoms with Gasteiger partial charge >= 0.3 is 0 Å². The zero-order valence-corrected chi connectivity index (χ0v) is 10.0. The lowest BCUT2D eigenvalue weighted by Crippen LogP contribution is -2.40. The number of pyridine rings is 1. The minimum atomic E-state index is -0.434. The standard InChI is InChI=1S/C10H11BrN2O2/c1-5(2)8-10(14)13-7-4-12-3-6(11)9(7)15-8/h3-5,8H,1-2H3,(H,13,14). The van der Waals surface area contributed by atoms with Crippen LogP contribution in [0.25, 0.3) is 0 Å². The molecule has 1 aliphatic rings. The maximum atomic E-state index is 11.6. The van der Waals surface area contributed by atoms with E-state index in [9.17, 15) is 4.79 Å². The summed E-state index contributed by atoms with van der Waals surface area (Å²) >= 11 is 3.34. The summed E-state index contributed by atoms with van der Waals surface area (Å²) < 4.78 is 6.39. The Bertz CT molecular complexity index is 406. The quantitative estimate of drug-likeness (QED) is 0.851. The first-order valence-corrected chi connectivity index (χ1v) is 5.50. The molecule has 1 atom stereocenters. The number of fused-ring (bicyclic) bond motifs is 1. The maximum Gasteiger partial charge on any atom is 0.265 e. The van der Waals surface area contributed by atoms with Crippen molar-refractivity contribution in [3.63, 3.8) is 0 Å². The zero-order valence-electron chi connectivity index (χ0n) is 8.45. The minimum Gasteiger partial charge on any atom is -0.477 e. The van der Waals surface area contributed by atoms with Gasteiger partial charge in [0.25, 0.3) is 5.91 Å². The van der Waals surface area contributed by atoms with Crippen LogP contribution >= 0.6 is 15.9 Å². The molecule has 0 bridgehead atoms. The molecule has 1 unspecified atom stereocenters. The Morgan fingerprint density at radius 3 is 2.93 bits per heavy atom. The van der Waals surface area contributed by atoms with Crippen LogP contribution in [0.2, 0.25) is 0 Å². The van der Waals surface area contributed by atoms with Crippen LogP contribution in [0.3, 0.4) is 0 Å². The van der Waals surface area contributed by atoms with E-state index in [1.165, 1.54) is 0 Å². The number of carbonyl (C=O) groups excluding carboxylic acids is 1. The second kappa shape index (κ2) is 3.81. The summed E-state index contributed by atoms with van der Waals surface area (Å²) in [6, 6.07) is 0. The fraction of sp³-hybridized carbons (Fsp3) is 0.400. The van der Waals surface area contributed by atoms with Gasteiger partial charge in [-0.1, -0.05) is 13.8 Å². The van der Waals surface area contributed by atoms with Gasteiger partial charge in [0.1, 0.15) is 5.69 Å². The number of halogens is 1. The highest BCUT2D eigenvalue weighted by atomic mass is 79.9. The molecule has 2 rings (SSSR count). The molecule has 0 radical (unpaired) electrons. The number of hydrogen-bond donors (Lipinski definition) is 1. The largest absolute Gasteiger partial charge is 0.477 e. The van der Waals surface area contributed by atoms with Crippen molar-refractivity contribution in [3.8, 4) is 5.75 Å². The highest BCUT2D eigenvalue weighted by Gasteiger charge is 2.31. The number of rotatable bonds is 1. The van der Waals surface area contributed by atoms with Gasteiger partial charge in [0.2, 0.25) is 0 Å². The van der Waals surface area contributed by atoms with Crippen molar-refractivity contribution in [3.05, 3.63) is 16.9 Å². The van der Waals surface area contributed by atoms with Gasteiger partial charge in [-0.2, -0.15) is 0 Å².